The molecule has 4 heteroatoms. The van der Waals surface area contributed by atoms with Gasteiger partial charge in [-0.15, -0.1) is 0 Å². The first kappa shape index (κ1) is 10.1. The van der Waals surface area contributed by atoms with E-state index in [2.05, 4.69) is 10.6 Å². The van der Waals surface area contributed by atoms with Gasteiger partial charge in [0.05, 0.1) is 13.2 Å². The lowest BCUT2D eigenvalue weighted by atomic mass is 10.2. The fourth-order valence-electron chi connectivity index (χ4n) is 1.48. The van der Waals surface area contributed by atoms with Crippen molar-refractivity contribution >= 4 is 11.6 Å². The fourth-order valence-corrected chi connectivity index (χ4v) is 1.48. The minimum absolute atomic E-state index is 0.0408. The van der Waals surface area contributed by atoms with Gasteiger partial charge in [0.15, 0.2) is 0 Å². The summed E-state index contributed by atoms with van der Waals surface area (Å²) in [6, 6.07) is 9.18. The number of amides is 1. The van der Waals surface area contributed by atoms with Crippen molar-refractivity contribution < 1.29 is 9.53 Å². The maximum absolute atomic E-state index is 11.7. The Morgan fingerprint density at radius 2 is 2.20 bits per heavy atom. The van der Waals surface area contributed by atoms with Gasteiger partial charge in [0.2, 0.25) is 5.91 Å². The van der Waals surface area contributed by atoms with Gasteiger partial charge in [-0.2, -0.15) is 0 Å². The second-order valence-corrected chi connectivity index (χ2v) is 3.44. The Hall–Kier alpha value is -1.39. The number of anilines is 1. The molecule has 1 aromatic carbocycles. The summed E-state index contributed by atoms with van der Waals surface area (Å²) in [5.74, 6) is -0.0408. The van der Waals surface area contributed by atoms with E-state index in [1.165, 1.54) is 0 Å². The van der Waals surface area contributed by atoms with Crippen molar-refractivity contribution in [3.63, 3.8) is 0 Å². The average Bonchev–Trinajstić information content (AvgIpc) is 2.31. The highest BCUT2D eigenvalue weighted by Crippen LogP contribution is 2.06. The van der Waals surface area contributed by atoms with Crippen LogP contribution in [0.2, 0.25) is 0 Å². The van der Waals surface area contributed by atoms with Crippen molar-refractivity contribution in [3.8, 4) is 0 Å². The number of carbonyl (C=O) groups is 1. The van der Waals surface area contributed by atoms with Gasteiger partial charge in [-0.1, -0.05) is 18.2 Å². The predicted molar refractivity (Wildman–Crippen MR) is 57.7 cm³/mol. The second-order valence-electron chi connectivity index (χ2n) is 3.44. The third-order valence-electron chi connectivity index (χ3n) is 2.28. The molecule has 0 bridgehead atoms. The van der Waals surface area contributed by atoms with Crippen molar-refractivity contribution in [3.05, 3.63) is 30.3 Å². The van der Waals surface area contributed by atoms with E-state index in [4.69, 9.17) is 4.74 Å². The first-order valence-corrected chi connectivity index (χ1v) is 5.03. The number of hydrogen-bond donors (Lipinski definition) is 2. The van der Waals surface area contributed by atoms with Gasteiger partial charge in [-0.3, -0.25) is 4.79 Å². The van der Waals surface area contributed by atoms with E-state index < -0.39 is 0 Å². The van der Waals surface area contributed by atoms with Gasteiger partial charge in [-0.05, 0) is 12.1 Å². The normalized spacial score (nSPS) is 20.9. The third-order valence-corrected chi connectivity index (χ3v) is 2.28. The Morgan fingerprint density at radius 3 is 2.87 bits per heavy atom. The molecule has 1 saturated heterocycles. The van der Waals surface area contributed by atoms with Crippen LogP contribution in [-0.4, -0.2) is 31.7 Å². The first-order chi connectivity index (χ1) is 7.36. The van der Waals surface area contributed by atoms with Crippen LogP contribution in [0.15, 0.2) is 30.3 Å². The number of carbonyl (C=O) groups excluding carboxylic acids is 1. The van der Waals surface area contributed by atoms with Crippen LogP contribution >= 0.6 is 0 Å². The minimum atomic E-state index is -0.237. The van der Waals surface area contributed by atoms with Gasteiger partial charge in [0, 0.05) is 12.2 Å². The first-order valence-electron chi connectivity index (χ1n) is 5.03. The van der Waals surface area contributed by atoms with Crippen molar-refractivity contribution in [2.75, 3.05) is 25.1 Å². The second kappa shape index (κ2) is 4.91. The maximum Gasteiger partial charge on any atom is 0.243 e. The molecule has 1 aliphatic rings. The lowest BCUT2D eigenvalue weighted by molar-refractivity contribution is -0.120. The van der Waals surface area contributed by atoms with E-state index in [0.717, 1.165) is 12.2 Å². The van der Waals surface area contributed by atoms with Crippen molar-refractivity contribution in [2.45, 2.75) is 6.04 Å². The molecule has 0 aliphatic carbocycles. The quantitative estimate of drug-likeness (QED) is 0.745. The zero-order chi connectivity index (χ0) is 10.5. The van der Waals surface area contributed by atoms with Crippen molar-refractivity contribution in [1.29, 1.82) is 0 Å². The van der Waals surface area contributed by atoms with Crippen LogP contribution in [0.25, 0.3) is 0 Å². The van der Waals surface area contributed by atoms with Crippen LogP contribution in [0.4, 0.5) is 5.69 Å². The van der Waals surface area contributed by atoms with Gasteiger partial charge in [0.1, 0.15) is 6.04 Å². The molecule has 1 fully saturated rings. The van der Waals surface area contributed by atoms with Gasteiger partial charge >= 0.3 is 0 Å². The molecular weight excluding hydrogens is 192 g/mol. The predicted octanol–water partition coefficient (Wildman–Crippen LogP) is 0.613. The van der Waals surface area contributed by atoms with Crippen LogP contribution in [0, 0.1) is 0 Å². The molecule has 2 rings (SSSR count). The Kier molecular flexibility index (Phi) is 3.32. The van der Waals surface area contributed by atoms with E-state index in [1.807, 2.05) is 30.3 Å². The maximum atomic E-state index is 11.7. The summed E-state index contributed by atoms with van der Waals surface area (Å²) >= 11 is 0. The number of nitrogens with one attached hydrogen (secondary N) is 2. The van der Waals surface area contributed by atoms with Crippen LogP contribution in [0.5, 0.6) is 0 Å². The van der Waals surface area contributed by atoms with Crippen molar-refractivity contribution in [1.82, 2.24) is 5.32 Å². The molecule has 15 heavy (non-hydrogen) atoms. The smallest absolute Gasteiger partial charge is 0.243 e. The molecule has 1 amide bonds. The highest BCUT2D eigenvalue weighted by molar-refractivity contribution is 5.94. The van der Waals surface area contributed by atoms with E-state index >= 15 is 0 Å². The van der Waals surface area contributed by atoms with Crippen LogP contribution < -0.4 is 10.6 Å². The third kappa shape index (κ3) is 2.78. The zero-order valence-corrected chi connectivity index (χ0v) is 8.40. The molecule has 1 heterocycles. The highest BCUT2D eigenvalue weighted by atomic mass is 16.5. The molecule has 1 aliphatic heterocycles. The number of ether oxygens (including phenoxy) is 1. The number of hydrogen-bond acceptors (Lipinski definition) is 3. The highest BCUT2D eigenvalue weighted by Gasteiger charge is 2.20. The van der Waals surface area contributed by atoms with E-state index in [1.54, 1.807) is 0 Å². The molecule has 1 atom stereocenters. The zero-order valence-electron chi connectivity index (χ0n) is 8.40. The number of morpholine rings is 1. The van der Waals surface area contributed by atoms with Gasteiger partial charge in [-0.25, -0.2) is 0 Å². The lowest BCUT2D eigenvalue weighted by Crippen LogP contribution is -2.48. The Bertz CT molecular complexity index is 321. The van der Waals surface area contributed by atoms with E-state index in [0.29, 0.717) is 13.2 Å². The molecule has 1 aromatic rings. The monoisotopic (exact) mass is 206 g/mol. The largest absolute Gasteiger partial charge is 0.378 e. The molecule has 80 valence electrons. The average molecular weight is 206 g/mol. The Morgan fingerprint density at radius 1 is 1.40 bits per heavy atom. The standard InChI is InChI=1S/C11H14N2O2/c14-11(10-8-15-7-6-12-10)13-9-4-2-1-3-5-9/h1-5,10,12H,6-8H2,(H,13,14)/t10-/m0/s1. The summed E-state index contributed by atoms with van der Waals surface area (Å²) < 4.78 is 5.22. The fraction of sp³-hybridized carbons (Fsp3) is 0.364. The topological polar surface area (TPSA) is 50.4 Å². The number of para-hydroxylation sites is 1. The molecule has 0 radical (unpaired) electrons. The summed E-state index contributed by atoms with van der Waals surface area (Å²) in [6.07, 6.45) is 0. The molecule has 0 aromatic heterocycles. The summed E-state index contributed by atoms with van der Waals surface area (Å²) in [5.41, 5.74) is 0.815. The summed E-state index contributed by atoms with van der Waals surface area (Å²) in [6.45, 7) is 1.85. The number of rotatable bonds is 2. The molecule has 0 saturated carbocycles. The molecule has 0 spiro atoms. The SMILES string of the molecule is O=C(Nc1ccccc1)[C@@H]1COCCN1. The van der Waals surface area contributed by atoms with Gasteiger partial charge in [0.25, 0.3) is 0 Å². The van der Waals surface area contributed by atoms with Crippen LogP contribution in [0.3, 0.4) is 0 Å². The van der Waals surface area contributed by atoms with E-state index in [-0.39, 0.29) is 11.9 Å². The number of benzene rings is 1. The van der Waals surface area contributed by atoms with Gasteiger partial charge < -0.3 is 15.4 Å². The lowest BCUT2D eigenvalue weighted by Gasteiger charge is -2.22. The summed E-state index contributed by atoms with van der Waals surface area (Å²) in [5, 5.41) is 5.93. The van der Waals surface area contributed by atoms with E-state index in [9.17, 15) is 4.79 Å². The van der Waals surface area contributed by atoms with Crippen LogP contribution in [-0.2, 0) is 9.53 Å². The molecule has 2 N–H and O–H groups in total. The Balaban J connectivity index is 1.91. The minimum Gasteiger partial charge on any atom is -0.378 e. The molecule has 4 nitrogen and oxygen atoms in total. The van der Waals surface area contributed by atoms with Crippen LogP contribution in [0.1, 0.15) is 0 Å². The summed E-state index contributed by atoms with van der Waals surface area (Å²) in [4.78, 5) is 11.7. The molecular formula is C11H14N2O2. The Labute approximate surface area is 88.6 Å². The molecule has 0 unspecified atom stereocenters. The summed E-state index contributed by atoms with van der Waals surface area (Å²) in [7, 11) is 0. The van der Waals surface area contributed by atoms with Crippen molar-refractivity contribution in [2.24, 2.45) is 0 Å².